The summed E-state index contributed by atoms with van der Waals surface area (Å²) in [5.41, 5.74) is 4.47. The Hall–Kier alpha value is -0.350. The van der Waals surface area contributed by atoms with Gasteiger partial charge in [-0.15, -0.1) is 0 Å². The van der Waals surface area contributed by atoms with Gasteiger partial charge in [-0.25, -0.2) is 0 Å². The summed E-state index contributed by atoms with van der Waals surface area (Å²) in [6.07, 6.45) is 5.56. The van der Waals surface area contributed by atoms with E-state index in [1.807, 2.05) is 0 Å². The monoisotopic (exact) mass is 304 g/mol. The zero-order chi connectivity index (χ0) is 15.7. The van der Waals surface area contributed by atoms with Gasteiger partial charge in [-0.2, -0.15) is 0 Å². The fourth-order valence-corrected chi connectivity index (χ4v) is 7.83. The molecule has 21 heavy (non-hydrogen) atoms. The van der Waals surface area contributed by atoms with Crippen molar-refractivity contribution in [3.63, 3.8) is 0 Å². The molecule has 1 heteroatoms. The number of aryl methyl sites for hydroxylation is 1. The van der Waals surface area contributed by atoms with Crippen molar-refractivity contribution in [3.05, 3.63) is 35.9 Å². The molecule has 1 fully saturated rings. The van der Waals surface area contributed by atoms with Crippen LogP contribution in [0.5, 0.6) is 0 Å². The molecule has 2 rings (SSSR count). The van der Waals surface area contributed by atoms with Gasteiger partial charge in [-0.05, 0) is 53.1 Å². The quantitative estimate of drug-likeness (QED) is 0.570. The summed E-state index contributed by atoms with van der Waals surface area (Å²) in [5.74, 6) is 0. The molecular formula is C20H33P. The third kappa shape index (κ3) is 4.32. The normalized spacial score (nSPS) is 23.9. The van der Waals surface area contributed by atoms with Crippen LogP contribution in [0.4, 0.5) is 0 Å². The van der Waals surface area contributed by atoms with Crippen LogP contribution >= 0.6 is 7.92 Å². The molecule has 2 atom stereocenters. The third-order valence-electron chi connectivity index (χ3n) is 4.97. The van der Waals surface area contributed by atoms with Crippen LogP contribution in [0.25, 0.3) is 0 Å². The lowest BCUT2D eigenvalue weighted by Crippen LogP contribution is -2.46. The first kappa shape index (κ1) is 17.0. The molecule has 1 aromatic carbocycles. The molecule has 0 nitrogen and oxygen atoms in total. The zero-order valence-electron chi connectivity index (χ0n) is 14.8. The second-order valence-electron chi connectivity index (χ2n) is 8.83. The average molecular weight is 304 g/mol. The lowest BCUT2D eigenvalue weighted by Gasteiger charge is -2.56. The Morgan fingerprint density at radius 2 is 1.43 bits per heavy atom. The van der Waals surface area contributed by atoms with E-state index in [2.05, 4.69) is 71.9 Å². The number of benzene rings is 1. The van der Waals surface area contributed by atoms with Crippen LogP contribution in [0, 0.1) is 10.8 Å². The first-order chi connectivity index (χ1) is 9.69. The fourth-order valence-electron chi connectivity index (χ4n) is 3.69. The standard InChI is InChI=1S/C20H33P/c1-19(2,3)17-15-18(20(4,5)6)21(17)14-10-13-16-11-8-7-9-12-16/h7-9,11-12,17-18H,10,13-15H2,1-6H3/t17-,18-/m0/s1. The first-order valence-electron chi connectivity index (χ1n) is 8.49. The smallest absolute Gasteiger partial charge is 0.0152 e. The van der Waals surface area contributed by atoms with Gasteiger partial charge in [0.05, 0.1) is 0 Å². The summed E-state index contributed by atoms with van der Waals surface area (Å²) in [6.45, 7) is 14.7. The molecule has 0 spiro atoms. The van der Waals surface area contributed by atoms with Gasteiger partial charge in [-0.1, -0.05) is 79.8 Å². The van der Waals surface area contributed by atoms with E-state index in [0.717, 1.165) is 11.3 Å². The summed E-state index contributed by atoms with van der Waals surface area (Å²) in [7, 11) is 0.203. The van der Waals surface area contributed by atoms with Crippen LogP contribution in [0.2, 0.25) is 0 Å². The van der Waals surface area contributed by atoms with Crippen molar-refractivity contribution in [3.8, 4) is 0 Å². The summed E-state index contributed by atoms with van der Waals surface area (Å²) in [5, 5.41) is 0. The van der Waals surface area contributed by atoms with Crippen molar-refractivity contribution in [2.24, 2.45) is 10.8 Å². The van der Waals surface area contributed by atoms with Crippen LogP contribution in [0.3, 0.4) is 0 Å². The van der Waals surface area contributed by atoms with Gasteiger partial charge in [0.15, 0.2) is 0 Å². The highest BCUT2D eigenvalue weighted by atomic mass is 31.1. The van der Waals surface area contributed by atoms with Gasteiger partial charge < -0.3 is 0 Å². The summed E-state index contributed by atoms with van der Waals surface area (Å²) in [4.78, 5) is 0. The Bertz CT molecular complexity index is 415. The Labute approximate surface area is 133 Å². The first-order valence-corrected chi connectivity index (χ1v) is 10.2. The van der Waals surface area contributed by atoms with E-state index in [9.17, 15) is 0 Å². The molecule has 0 amide bonds. The molecule has 1 heterocycles. The molecule has 1 aromatic rings. The highest BCUT2D eigenvalue weighted by Crippen LogP contribution is 2.69. The van der Waals surface area contributed by atoms with E-state index in [0.29, 0.717) is 10.8 Å². The average Bonchev–Trinajstić information content (AvgIpc) is 2.30. The van der Waals surface area contributed by atoms with Gasteiger partial charge in [0, 0.05) is 0 Å². The maximum Gasteiger partial charge on any atom is -0.0152 e. The molecule has 1 aliphatic heterocycles. The van der Waals surface area contributed by atoms with Crippen molar-refractivity contribution in [2.75, 3.05) is 6.16 Å². The van der Waals surface area contributed by atoms with E-state index < -0.39 is 0 Å². The lowest BCUT2D eigenvalue weighted by molar-refractivity contribution is 0.276. The van der Waals surface area contributed by atoms with Gasteiger partial charge in [-0.3, -0.25) is 0 Å². The van der Waals surface area contributed by atoms with Gasteiger partial charge in [0.1, 0.15) is 0 Å². The van der Waals surface area contributed by atoms with Crippen molar-refractivity contribution < 1.29 is 0 Å². The highest BCUT2D eigenvalue weighted by Gasteiger charge is 2.49. The van der Waals surface area contributed by atoms with Crippen LogP contribution in [-0.4, -0.2) is 17.5 Å². The molecule has 0 unspecified atom stereocenters. The minimum Gasteiger partial charge on any atom is -0.0992 e. The molecule has 118 valence electrons. The summed E-state index contributed by atoms with van der Waals surface area (Å²) >= 11 is 0. The minimum absolute atomic E-state index is 0.203. The largest absolute Gasteiger partial charge is 0.0992 e. The van der Waals surface area contributed by atoms with E-state index in [1.54, 1.807) is 0 Å². The fraction of sp³-hybridized carbons (Fsp3) is 0.700. The van der Waals surface area contributed by atoms with Crippen molar-refractivity contribution in [2.45, 2.75) is 72.1 Å². The van der Waals surface area contributed by atoms with Gasteiger partial charge in [0.2, 0.25) is 0 Å². The van der Waals surface area contributed by atoms with Gasteiger partial charge >= 0.3 is 0 Å². The molecule has 0 saturated carbocycles. The zero-order valence-corrected chi connectivity index (χ0v) is 15.7. The Morgan fingerprint density at radius 3 is 1.90 bits per heavy atom. The van der Waals surface area contributed by atoms with Crippen LogP contribution in [0.1, 0.15) is 59.9 Å². The van der Waals surface area contributed by atoms with E-state index in [1.165, 1.54) is 31.0 Å². The molecular weight excluding hydrogens is 271 g/mol. The SMILES string of the molecule is CC(C)(C)[C@@H]1C[C@@H](C(C)(C)C)P1CCCc1ccccc1. The predicted molar refractivity (Wildman–Crippen MR) is 97.7 cm³/mol. The third-order valence-corrected chi connectivity index (χ3v) is 9.38. The number of rotatable bonds is 4. The minimum atomic E-state index is 0.203. The highest BCUT2D eigenvalue weighted by molar-refractivity contribution is 7.61. The van der Waals surface area contributed by atoms with Crippen LogP contribution in [-0.2, 0) is 6.42 Å². The Kier molecular flexibility index (Phi) is 5.19. The van der Waals surface area contributed by atoms with E-state index in [-0.39, 0.29) is 7.92 Å². The van der Waals surface area contributed by atoms with Crippen molar-refractivity contribution in [1.82, 2.24) is 0 Å². The topological polar surface area (TPSA) is 0 Å². The molecule has 0 aliphatic carbocycles. The summed E-state index contributed by atoms with van der Waals surface area (Å²) < 4.78 is 0. The van der Waals surface area contributed by atoms with Crippen LogP contribution < -0.4 is 0 Å². The molecule has 1 aliphatic rings. The maximum atomic E-state index is 2.45. The molecule has 0 N–H and O–H groups in total. The van der Waals surface area contributed by atoms with Gasteiger partial charge in [0.25, 0.3) is 0 Å². The lowest BCUT2D eigenvalue weighted by atomic mass is 9.81. The second-order valence-corrected chi connectivity index (χ2v) is 11.5. The molecule has 0 aromatic heterocycles. The predicted octanol–water partition coefficient (Wildman–Crippen LogP) is 6.33. The Balaban J connectivity index is 1.93. The van der Waals surface area contributed by atoms with Crippen molar-refractivity contribution in [1.29, 1.82) is 0 Å². The number of hydrogen-bond acceptors (Lipinski definition) is 0. The molecule has 1 saturated heterocycles. The van der Waals surface area contributed by atoms with Crippen LogP contribution in [0.15, 0.2) is 30.3 Å². The molecule has 0 radical (unpaired) electrons. The van der Waals surface area contributed by atoms with E-state index in [4.69, 9.17) is 0 Å². The summed E-state index contributed by atoms with van der Waals surface area (Å²) in [6, 6.07) is 11.0. The number of hydrogen-bond donors (Lipinski definition) is 0. The molecule has 0 bridgehead atoms. The Morgan fingerprint density at radius 1 is 0.905 bits per heavy atom. The van der Waals surface area contributed by atoms with E-state index >= 15 is 0 Å². The maximum absolute atomic E-state index is 2.45. The van der Waals surface area contributed by atoms with Crippen molar-refractivity contribution >= 4 is 7.92 Å². The second kappa shape index (κ2) is 6.41.